The first kappa shape index (κ1) is 17.5. The van der Waals surface area contributed by atoms with Crippen LogP contribution in [0.4, 0.5) is 0 Å². The molecule has 28 heavy (non-hydrogen) atoms. The standard InChI is InChI=1S/C23H22BNO3/c1-22(2)23(3,4)28-24(27-22)20-14-8-12-18(25-20)17-11-7-10-16-15-9-5-6-13-19(15)26-21(16)17/h5-14H,1-4H3. The van der Waals surface area contributed by atoms with Crippen molar-refractivity contribution >= 4 is 34.7 Å². The lowest BCUT2D eigenvalue weighted by atomic mass is 9.84. The van der Waals surface area contributed by atoms with Gasteiger partial charge in [0.15, 0.2) is 0 Å². The predicted molar refractivity (Wildman–Crippen MR) is 113 cm³/mol. The van der Waals surface area contributed by atoms with Crippen LogP contribution >= 0.6 is 0 Å². The molecule has 1 fully saturated rings. The van der Waals surface area contributed by atoms with E-state index in [0.29, 0.717) is 0 Å². The first-order chi connectivity index (χ1) is 13.4. The summed E-state index contributed by atoms with van der Waals surface area (Å²) in [5.74, 6) is 0. The fraction of sp³-hybridized carbons (Fsp3) is 0.261. The Labute approximate surface area is 164 Å². The van der Waals surface area contributed by atoms with Gasteiger partial charge in [0.1, 0.15) is 11.2 Å². The first-order valence-corrected chi connectivity index (χ1v) is 9.59. The van der Waals surface area contributed by atoms with Gasteiger partial charge in [0, 0.05) is 16.3 Å². The summed E-state index contributed by atoms with van der Waals surface area (Å²) in [6.07, 6.45) is 0. The Bertz CT molecular complexity index is 1180. The van der Waals surface area contributed by atoms with Crippen molar-refractivity contribution in [2.75, 3.05) is 0 Å². The molecule has 1 aliphatic rings. The van der Waals surface area contributed by atoms with Crippen LogP contribution in [0.2, 0.25) is 0 Å². The number of nitrogens with zero attached hydrogens (tertiary/aromatic N) is 1. The minimum atomic E-state index is -0.486. The van der Waals surface area contributed by atoms with Crippen molar-refractivity contribution in [3.8, 4) is 11.3 Å². The molecule has 0 saturated carbocycles. The molecule has 2 aromatic heterocycles. The van der Waals surface area contributed by atoms with E-state index in [-0.39, 0.29) is 0 Å². The van der Waals surface area contributed by atoms with E-state index in [0.717, 1.165) is 38.8 Å². The number of hydrogen-bond acceptors (Lipinski definition) is 4. The van der Waals surface area contributed by atoms with Crippen molar-refractivity contribution in [3.63, 3.8) is 0 Å². The zero-order chi connectivity index (χ0) is 19.5. The van der Waals surface area contributed by atoms with Gasteiger partial charge in [-0.15, -0.1) is 0 Å². The van der Waals surface area contributed by atoms with Crippen LogP contribution in [0, 0.1) is 0 Å². The van der Waals surface area contributed by atoms with Gasteiger partial charge in [-0.2, -0.15) is 0 Å². The van der Waals surface area contributed by atoms with Crippen LogP contribution in [0.15, 0.2) is 65.1 Å². The lowest BCUT2D eigenvalue weighted by Gasteiger charge is -2.32. The summed E-state index contributed by atoms with van der Waals surface area (Å²) >= 11 is 0. The van der Waals surface area contributed by atoms with Gasteiger partial charge in [0.25, 0.3) is 0 Å². The fourth-order valence-electron chi connectivity index (χ4n) is 3.65. The summed E-state index contributed by atoms with van der Waals surface area (Å²) < 4.78 is 18.5. The highest BCUT2D eigenvalue weighted by Gasteiger charge is 2.52. The summed E-state index contributed by atoms with van der Waals surface area (Å²) in [6, 6.07) is 20.2. The molecule has 3 heterocycles. The molecule has 0 unspecified atom stereocenters. The van der Waals surface area contributed by atoms with E-state index in [9.17, 15) is 0 Å². The van der Waals surface area contributed by atoms with Crippen molar-refractivity contribution in [1.82, 2.24) is 4.98 Å². The van der Waals surface area contributed by atoms with E-state index in [1.54, 1.807) is 0 Å². The minimum absolute atomic E-state index is 0.395. The average molecular weight is 371 g/mol. The second-order valence-electron chi connectivity index (χ2n) is 8.32. The molecule has 1 aliphatic heterocycles. The van der Waals surface area contributed by atoms with Gasteiger partial charge in [0.05, 0.1) is 22.5 Å². The maximum Gasteiger partial charge on any atom is 0.514 e. The molecule has 4 nitrogen and oxygen atoms in total. The highest BCUT2D eigenvalue weighted by molar-refractivity contribution is 6.61. The van der Waals surface area contributed by atoms with Gasteiger partial charge in [-0.25, -0.2) is 0 Å². The largest absolute Gasteiger partial charge is 0.514 e. The first-order valence-electron chi connectivity index (χ1n) is 9.59. The third-order valence-electron chi connectivity index (χ3n) is 5.95. The molecule has 4 aromatic rings. The van der Waals surface area contributed by atoms with Gasteiger partial charge in [0.2, 0.25) is 0 Å². The number of aromatic nitrogens is 1. The number of rotatable bonds is 2. The number of hydrogen-bond donors (Lipinski definition) is 0. The quantitative estimate of drug-likeness (QED) is 0.468. The maximum atomic E-state index is 6.17. The molecule has 2 aromatic carbocycles. The van der Waals surface area contributed by atoms with Gasteiger partial charge < -0.3 is 13.7 Å². The molecule has 0 amide bonds. The van der Waals surface area contributed by atoms with Crippen molar-refractivity contribution in [1.29, 1.82) is 0 Å². The van der Waals surface area contributed by atoms with E-state index >= 15 is 0 Å². The Balaban J connectivity index is 1.61. The maximum absolute atomic E-state index is 6.17. The van der Waals surface area contributed by atoms with Crippen LogP contribution < -0.4 is 5.59 Å². The number of para-hydroxylation sites is 2. The molecule has 1 saturated heterocycles. The molecular formula is C23H22BNO3. The van der Waals surface area contributed by atoms with E-state index in [2.05, 4.69) is 12.1 Å². The molecular weight excluding hydrogens is 349 g/mol. The lowest BCUT2D eigenvalue weighted by molar-refractivity contribution is 0.00578. The lowest BCUT2D eigenvalue weighted by Crippen LogP contribution is -2.41. The van der Waals surface area contributed by atoms with Gasteiger partial charge in [-0.3, -0.25) is 4.98 Å². The molecule has 0 bridgehead atoms. The molecule has 0 aliphatic carbocycles. The van der Waals surface area contributed by atoms with E-state index < -0.39 is 18.3 Å². The highest BCUT2D eigenvalue weighted by Crippen LogP contribution is 2.37. The SMILES string of the molecule is CC1(C)OB(c2cccc(-c3cccc4c3oc3ccccc34)n2)OC1(C)C. The van der Waals surface area contributed by atoms with Crippen molar-refractivity contribution in [2.24, 2.45) is 0 Å². The molecule has 5 rings (SSSR count). The summed E-state index contributed by atoms with van der Waals surface area (Å²) in [7, 11) is -0.486. The van der Waals surface area contributed by atoms with Gasteiger partial charge in [-0.1, -0.05) is 36.4 Å². The second-order valence-corrected chi connectivity index (χ2v) is 8.32. The predicted octanol–water partition coefficient (Wildman–Crippen LogP) is 4.95. The van der Waals surface area contributed by atoms with E-state index in [4.69, 9.17) is 18.7 Å². The van der Waals surface area contributed by atoms with E-state index in [1.165, 1.54) is 0 Å². The summed E-state index contributed by atoms with van der Waals surface area (Å²) in [5.41, 5.74) is 3.52. The van der Waals surface area contributed by atoms with Gasteiger partial charge in [-0.05, 0) is 52.0 Å². The number of furan rings is 1. The average Bonchev–Trinajstić information content (AvgIpc) is 3.15. The van der Waals surface area contributed by atoms with E-state index in [1.807, 2.05) is 76.2 Å². The minimum Gasteiger partial charge on any atom is -0.455 e. The smallest absolute Gasteiger partial charge is 0.455 e. The third-order valence-corrected chi connectivity index (χ3v) is 5.95. The Kier molecular flexibility index (Phi) is 3.70. The van der Waals surface area contributed by atoms with Crippen LogP contribution in [-0.2, 0) is 9.31 Å². The molecule has 0 radical (unpaired) electrons. The molecule has 0 N–H and O–H groups in total. The normalized spacial score (nSPS) is 18.2. The van der Waals surface area contributed by atoms with Crippen LogP contribution in [0.1, 0.15) is 27.7 Å². The second kappa shape index (κ2) is 5.93. The zero-order valence-corrected chi connectivity index (χ0v) is 16.5. The Morgan fingerprint density at radius 3 is 2.21 bits per heavy atom. The Morgan fingerprint density at radius 1 is 0.750 bits per heavy atom. The summed E-state index contributed by atoms with van der Waals surface area (Å²) in [6.45, 7) is 8.19. The summed E-state index contributed by atoms with van der Waals surface area (Å²) in [4.78, 5) is 4.87. The number of benzene rings is 2. The molecule has 0 atom stereocenters. The van der Waals surface area contributed by atoms with Crippen LogP contribution in [0.3, 0.4) is 0 Å². The molecule has 5 heteroatoms. The monoisotopic (exact) mass is 371 g/mol. The van der Waals surface area contributed by atoms with Crippen LogP contribution in [-0.4, -0.2) is 23.3 Å². The highest BCUT2D eigenvalue weighted by atomic mass is 16.7. The fourth-order valence-corrected chi connectivity index (χ4v) is 3.65. The van der Waals surface area contributed by atoms with Crippen molar-refractivity contribution < 1.29 is 13.7 Å². The van der Waals surface area contributed by atoms with Gasteiger partial charge >= 0.3 is 7.12 Å². The summed E-state index contributed by atoms with van der Waals surface area (Å²) in [5, 5.41) is 2.21. The molecule has 0 spiro atoms. The Hall–Kier alpha value is -2.63. The third kappa shape index (κ3) is 2.58. The zero-order valence-electron chi connectivity index (χ0n) is 16.5. The van der Waals surface area contributed by atoms with Crippen LogP contribution in [0.25, 0.3) is 33.2 Å². The Morgan fingerprint density at radius 2 is 1.43 bits per heavy atom. The van der Waals surface area contributed by atoms with Crippen LogP contribution in [0.5, 0.6) is 0 Å². The number of fused-ring (bicyclic) bond motifs is 3. The molecule has 140 valence electrons. The van der Waals surface area contributed by atoms with Crippen molar-refractivity contribution in [2.45, 2.75) is 38.9 Å². The van der Waals surface area contributed by atoms with Crippen molar-refractivity contribution in [3.05, 3.63) is 60.7 Å². The number of pyridine rings is 1. The topological polar surface area (TPSA) is 44.5 Å².